The summed E-state index contributed by atoms with van der Waals surface area (Å²) >= 11 is 0. The standard InChI is InChI=1S/C17H14FN3O4/c18-15-10-14(21(23)24)9-13(16(15)19)7-4-8-20-17(22)25-11-12-5-2-1-3-6-12/h1-3,5-6,9-10H,8,11,19H2,(H,20,22). The van der Waals surface area contributed by atoms with Crippen LogP contribution in [-0.2, 0) is 11.3 Å². The number of ether oxygens (including phenoxy) is 1. The molecule has 0 fully saturated rings. The zero-order valence-electron chi connectivity index (χ0n) is 13.0. The molecule has 1 amide bonds. The van der Waals surface area contributed by atoms with Gasteiger partial charge in [0.25, 0.3) is 5.69 Å². The summed E-state index contributed by atoms with van der Waals surface area (Å²) in [6.07, 6.45) is -0.670. The number of amides is 1. The lowest BCUT2D eigenvalue weighted by atomic mass is 10.1. The molecule has 2 aromatic rings. The number of carbonyl (C=O) groups excluding carboxylic acids is 1. The van der Waals surface area contributed by atoms with Gasteiger partial charge in [0, 0.05) is 6.07 Å². The lowest BCUT2D eigenvalue weighted by Crippen LogP contribution is -2.24. The van der Waals surface area contributed by atoms with E-state index in [1.54, 1.807) is 0 Å². The van der Waals surface area contributed by atoms with Gasteiger partial charge in [-0.05, 0) is 5.56 Å². The molecule has 2 rings (SSSR count). The van der Waals surface area contributed by atoms with Gasteiger partial charge in [-0.2, -0.15) is 0 Å². The van der Waals surface area contributed by atoms with Crippen LogP contribution < -0.4 is 11.1 Å². The molecule has 2 aromatic carbocycles. The van der Waals surface area contributed by atoms with Gasteiger partial charge in [-0.15, -0.1) is 0 Å². The first-order valence-electron chi connectivity index (χ1n) is 7.14. The number of benzene rings is 2. The predicted molar refractivity (Wildman–Crippen MR) is 89.0 cm³/mol. The van der Waals surface area contributed by atoms with E-state index in [2.05, 4.69) is 17.2 Å². The minimum atomic E-state index is -0.922. The summed E-state index contributed by atoms with van der Waals surface area (Å²) in [5, 5.41) is 13.1. The Balaban J connectivity index is 1.90. The maximum atomic E-state index is 13.5. The molecule has 8 heteroatoms. The fourth-order valence-corrected chi connectivity index (χ4v) is 1.84. The fraction of sp³-hybridized carbons (Fsp3) is 0.118. The zero-order chi connectivity index (χ0) is 18.2. The number of hydrogen-bond donors (Lipinski definition) is 2. The molecule has 0 saturated heterocycles. The van der Waals surface area contributed by atoms with Gasteiger partial charge in [0.15, 0.2) is 5.82 Å². The fourth-order valence-electron chi connectivity index (χ4n) is 1.84. The Morgan fingerprint density at radius 3 is 2.72 bits per heavy atom. The Hall–Kier alpha value is -3.60. The Morgan fingerprint density at radius 1 is 1.32 bits per heavy atom. The molecule has 0 bridgehead atoms. The van der Waals surface area contributed by atoms with Crippen LogP contribution in [0.1, 0.15) is 11.1 Å². The quantitative estimate of drug-likeness (QED) is 0.384. The molecular formula is C17H14FN3O4. The first-order valence-corrected chi connectivity index (χ1v) is 7.14. The predicted octanol–water partition coefficient (Wildman–Crippen LogP) is 2.59. The molecule has 128 valence electrons. The normalized spacial score (nSPS) is 9.64. The topological polar surface area (TPSA) is 107 Å². The van der Waals surface area contributed by atoms with Gasteiger partial charge in [0.2, 0.25) is 0 Å². The molecule has 3 N–H and O–H groups in total. The third kappa shape index (κ3) is 5.21. The number of nitrogens with two attached hydrogens (primary N) is 1. The Kier molecular flexibility index (Phi) is 5.90. The van der Waals surface area contributed by atoms with E-state index in [4.69, 9.17) is 10.5 Å². The molecule has 7 nitrogen and oxygen atoms in total. The van der Waals surface area contributed by atoms with E-state index in [1.165, 1.54) is 0 Å². The second kappa shape index (κ2) is 8.31. The van der Waals surface area contributed by atoms with Crippen LogP contribution in [0.25, 0.3) is 0 Å². The maximum absolute atomic E-state index is 13.5. The summed E-state index contributed by atoms with van der Waals surface area (Å²) in [6, 6.07) is 10.9. The minimum Gasteiger partial charge on any atom is -0.445 e. The number of halogens is 1. The number of rotatable bonds is 4. The van der Waals surface area contributed by atoms with E-state index in [9.17, 15) is 19.3 Å². The van der Waals surface area contributed by atoms with E-state index in [1.807, 2.05) is 30.3 Å². The van der Waals surface area contributed by atoms with Gasteiger partial charge < -0.3 is 15.8 Å². The largest absolute Gasteiger partial charge is 0.445 e. The number of alkyl carbamates (subject to hydrolysis) is 1. The van der Waals surface area contributed by atoms with Crippen LogP contribution in [0.4, 0.5) is 20.6 Å². The van der Waals surface area contributed by atoms with E-state index >= 15 is 0 Å². The van der Waals surface area contributed by atoms with Crippen LogP contribution in [0.2, 0.25) is 0 Å². The highest BCUT2D eigenvalue weighted by molar-refractivity contribution is 5.67. The molecule has 0 spiro atoms. The van der Waals surface area contributed by atoms with Crippen LogP contribution in [-0.4, -0.2) is 17.6 Å². The van der Waals surface area contributed by atoms with Crippen molar-refractivity contribution in [3.8, 4) is 11.8 Å². The van der Waals surface area contributed by atoms with Crippen LogP contribution >= 0.6 is 0 Å². The highest BCUT2D eigenvalue weighted by Crippen LogP contribution is 2.22. The lowest BCUT2D eigenvalue weighted by molar-refractivity contribution is -0.385. The Labute approximate surface area is 142 Å². The summed E-state index contributed by atoms with van der Waals surface area (Å²) in [4.78, 5) is 21.5. The van der Waals surface area contributed by atoms with Gasteiger partial charge in [0.05, 0.1) is 28.8 Å². The molecule has 25 heavy (non-hydrogen) atoms. The average Bonchev–Trinajstić information content (AvgIpc) is 2.60. The third-order valence-corrected chi connectivity index (χ3v) is 3.08. The van der Waals surface area contributed by atoms with Crippen molar-refractivity contribution in [1.29, 1.82) is 0 Å². The summed E-state index contributed by atoms with van der Waals surface area (Å²) in [5.74, 6) is 4.10. The highest BCUT2D eigenvalue weighted by atomic mass is 19.1. The number of nitrogen functional groups attached to an aromatic ring is 1. The summed E-state index contributed by atoms with van der Waals surface area (Å²) in [7, 11) is 0. The van der Waals surface area contributed by atoms with Gasteiger partial charge in [-0.3, -0.25) is 10.1 Å². The van der Waals surface area contributed by atoms with Crippen LogP contribution in [0, 0.1) is 27.8 Å². The highest BCUT2D eigenvalue weighted by Gasteiger charge is 2.13. The van der Waals surface area contributed by atoms with E-state index < -0.39 is 22.5 Å². The molecule has 0 radical (unpaired) electrons. The summed E-state index contributed by atoms with van der Waals surface area (Å²) in [6.45, 7) is 0.0283. The molecule has 0 aromatic heterocycles. The Morgan fingerprint density at radius 2 is 2.04 bits per heavy atom. The Bertz CT molecular complexity index is 844. The minimum absolute atomic E-state index is 0.0221. The van der Waals surface area contributed by atoms with Crippen molar-refractivity contribution < 1.29 is 18.8 Å². The molecule has 0 aliphatic rings. The molecule has 0 saturated carbocycles. The number of nitrogens with zero attached hydrogens (tertiary/aromatic N) is 1. The SMILES string of the molecule is Nc1c(F)cc([N+](=O)[O-])cc1C#CCNC(=O)OCc1ccccc1. The van der Waals surface area contributed by atoms with Gasteiger partial charge in [-0.1, -0.05) is 42.2 Å². The number of hydrogen-bond acceptors (Lipinski definition) is 5. The number of non-ortho nitro benzene ring substituents is 1. The first kappa shape index (κ1) is 17.7. The van der Waals surface area contributed by atoms with Crippen molar-refractivity contribution in [2.75, 3.05) is 12.3 Å². The number of carbonyl (C=O) groups is 1. The van der Waals surface area contributed by atoms with Crippen LogP contribution in [0.5, 0.6) is 0 Å². The molecule has 0 heterocycles. The zero-order valence-corrected chi connectivity index (χ0v) is 13.0. The van der Waals surface area contributed by atoms with Crippen molar-refractivity contribution in [2.45, 2.75) is 6.61 Å². The maximum Gasteiger partial charge on any atom is 0.408 e. The summed E-state index contributed by atoms with van der Waals surface area (Å²) < 4.78 is 18.5. The lowest BCUT2D eigenvalue weighted by Gasteiger charge is -2.04. The molecule has 0 aliphatic heterocycles. The van der Waals surface area contributed by atoms with Crippen LogP contribution in [0.15, 0.2) is 42.5 Å². The van der Waals surface area contributed by atoms with Gasteiger partial charge >= 0.3 is 6.09 Å². The molecule has 0 aliphatic carbocycles. The second-order valence-electron chi connectivity index (χ2n) is 4.86. The molecular weight excluding hydrogens is 329 g/mol. The number of nitro groups is 1. The number of nitrogens with one attached hydrogen (secondary N) is 1. The second-order valence-corrected chi connectivity index (χ2v) is 4.86. The molecule has 0 unspecified atom stereocenters. The van der Waals surface area contributed by atoms with Crippen molar-refractivity contribution in [3.05, 3.63) is 69.5 Å². The smallest absolute Gasteiger partial charge is 0.408 e. The van der Waals surface area contributed by atoms with Crippen molar-refractivity contribution in [1.82, 2.24) is 5.32 Å². The van der Waals surface area contributed by atoms with Gasteiger partial charge in [-0.25, -0.2) is 9.18 Å². The van der Waals surface area contributed by atoms with Crippen molar-refractivity contribution >= 4 is 17.5 Å². The van der Waals surface area contributed by atoms with Crippen molar-refractivity contribution in [2.24, 2.45) is 0 Å². The van der Waals surface area contributed by atoms with Gasteiger partial charge in [0.1, 0.15) is 6.61 Å². The van der Waals surface area contributed by atoms with E-state index in [0.29, 0.717) is 0 Å². The number of nitro benzene ring substituents is 1. The average molecular weight is 343 g/mol. The van der Waals surface area contributed by atoms with E-state index in [-0.39, 0.29) is 24.4 Å². The monoisotopic (exact) mass is 343 g/mol. The summed E-state index contributed by atoms with van der Waals surface area (Å²) in [5.41, 5.74) is 5.57. The number of anilines is 1. The van der Waals surface area contributed by atoms with E-state index in [0.717, 1.165) is 17.7 Å². The third-order valence-electron chi connectivity index (χ3n) is 3.08. The van der Waals surface area contributed by atoms with Crippen LogP contribution in [0.3, 0.4) is 0 Å². The molecule has 0 atom stereocenters. The van der Waals surface area contributed by atoms with Crippen molar-refractivity contribution in [3.63, 3.8) is 0 Å². The first-order chi connectivity index (χ1) is 12.0.